The molecule has 4 nitrogen and oxygen atoms in total. The summed E-state index contributed by atoms with van der Waals surface area (Å²) in [7, 11) is 1.67. The lowest BCUT2D eigenvalue weighted by atomic mass is 9.99. The van der Waals surface area contributed by atoms with E-state index in [1.807, 2.05) is 30.3 Å². The molecule has 0 aliphatic rings. The van der Waals surface area contributed by atoms with Crippen molar-refractivity contribution in [3.8, 4) is 45.1 Å². The molecule has 0 aliphatic heterocycles. The zero-order valence-electron chi connectivity index (χ0n) is 16.5. The molecule has 0 aliphatic carbocycles. The highest BCUT2D eigenvalue weighted by Crippen LogP contribution is 2.29. The van der Waals surface area contributed by atoms with Crippen LogP contribution in [0.25, 0.3) is 44.7 Å². The first-order valence-electron chi connectivity index (χ1n) is 9.74. The quantitative estimate of drug-likeness (QED) is 0.378. The van der Waals surface area contributed by atoms with E-state index >= 15 is 0 Å². The van der Waals surface area contributed by atoms with Crippen LogP contribution in [0.15, 0.2) is 91.0 Å². The fourth-order valence-electron chi connectivity index (χ4n) is 3.61. The van der Waals surface area contributed by atoms with Crippen molar-refractivity contribution in [2.24, 2.45) is 0 Å². The maximum Gasteiger partial charge on any atom is 0.143 e. The lowest BCUT2D eigenvalue weighted by molar-refractivity contribution is 0.415. The molecule has 5 aromatic rings. The Morgan fingerprint density at radius 1 is 0.667 bits per heavy atom. The van der Waals surface area contributed by atoms with Crippen LogP contribution in [-0.4, -0.2) is 22.2 Å². The monoisotopic (exact) mass is 392 g/mol. The van der Waals surface area contributed by atoms with Gasteiger partial charge in [-0.2, -0.15) is 0 Å². The molecule has 0 spiro atoms. The van der Waals surface area contributed by atoms with Crippen molar-refractivity contribution in [3.63, 3.8) is 0 Å². The lowest BCUT2D eigenvalue weighted by Crippen LogP contribution is -1.84. The summed E-state index contributed by atoms with van der Waals surface area (Å²) in [5.41, 5.74) is 7.00. The third-order valence-corrected chi connectivity index (χ3v) is 5.29. The SMILES string of the molecule is COc1ccc(-c2ccc(-c3ccc(-c4nc5c(O)cccc5[nH]4)cc3)cc2)cc1. The normalized spacial score (nSPS) is 11.0. The van der Waals surface area contributed by atoms with Crippen LogP contribution in [0, 0.1) is 0 Å². The van der Waals surface area contributed by atoms with E-state index in [1.165, 1.54) is 5.56 Å². The summed E-state index contributed by atoms with van der Waals surface area (Å²) in [6.07, 6.45) is 0. The van der Waals surface area contributed by atoms with Gasteiger partial charge in [-0.3, -0.25) is 0 Å². The number of ether oxygens (including phenoxy) is 1. The predicted octanol–water partition coefficient (Wildman–Crippen LogP) is 6.28. The molecule has 0 saturated heterocycles. The van der Waals surface area contributed by atoms with E-state index in [1.54, 1.807) is 19.2 Å². The summed E-state index contributed by atoms with van der Waals surface area (Å²) in [5, 5.41) is 9.97. The maximum absolute atomic E-state index is 9.97. The van der Waals surface area contributed by atoms with E-state index in [4.69, 9.17) is 4.74 Å². The van der Waals surface area contributed by atoms with Gasteiger partial charge in [0.05, 0.1) is 12.6 Å². The van der Waals surface area contributed by atoms with Crippen molar-refractivity contribution in [2.75, 3.05) is 7.11 Å². The van der Waals surface area contributed by atoms with Gasteiger partial charge < -0.3 is 14.8 Å². The molecular weight excluding hydrogens is 372 g/mol. The van der Waals surface area contributed by atoms with Crippen LogP contribution in [0.5, 0.6) is 11.5 Å². The molecule has 0 unspecified atom stereocenters. The van der Waals surface area contributed by atoms with Crippen LogP contribution in [0.3, 0.4) is 0 Å². The maximum atomic E-state index is 9.97. The molecule has 0 radical (unpaired) electrons. The molecule has 30 heavy (non-hydrogen) atoms. The van der Waals surface area contributed by atoms with Gasteiger partial charge in [0.15, 0.2) is 0 Å². The largest absolute Gasteiger partial charge is 0.506 e. The topological polar surface area (TPSA) is 58.1 Å². The molecule has 146 valence electrons. The van der Waals surface area contributed by atoms with Crippen LogP contribution >= 0.6 is 0 Å². The van der Waals surface area contributed by atoms with Crippen LogP contribution in [0.1, 0.15) is 0 Å². The molecule has 1 heterocycles. The molecule has 2 N–H and O–H groups in total. The molecule has 0 fully saturated rings. The van der Waals surface area contributed by atoms with Crippen molar-refractivity contribution in [1.29, 1.82) is 0 Å². The van der Waals surface area contributed by atoms with E-state index in [0.29, 0.717) is 5.52 Å². The number of hydrogen-bond donors (Lipinski definition) is 2. The Bertz CT molecular complexity index is 1300. The first-order valence-corrected chi connectivity index (χ1v) is 9.74. The number of fused-ring (bicyclic) bond motifs is 1. The van der Waals surface area contributed by atoms with E-state index in [9.17, 15) is 5.11 Å². The highest BCUT2D eigenvalue weighted by atomic mass is 16.5. The van der Waals surface area contributed by atoms with Gasteiger partial charge in [0.25, 0.3) is 0 Å². The summed E-state index contributed by atoms with van der Waals surface area (Å²) >= 11 is 0. The average Bonchev–Trinajstić information content (AvgIpc) is 3.25. The highest BCUT2D eigenvalue weighted by Gasteiger charge is 2.09. The van der Waals surface area contributed by atoms with Crippen LogP contribution in [0.2, 0.25) is 0 Å². The van der Waals surface area contributed by atoms with Crippen LogP contribution in [-0.2, 0) is 0 Å². The summed E-state index contributed by atoms with van der Waals surface area (Å²) in [5.74, 6) is 1.78. The zero-order valence-corrected chi connectivity index (χ0v) is 16.5. The third kappa shape index (κ3) is 3.29. The molecule has 0 amide bonds. The molecular formula is C26H20N2O2. The summed E-state index contributed by atoms with van der Waals surface area (Å²) in [4.78, 5) is 7.79. The number of rotatable bonds is 4. The molecule has 0 bridgehead atoms. The summed E-state index contributed by atoms with van der Waals surface area (Å²) in [6.45, 7) is 0. The molecule has 5 rings (SSSR count). The number of phenolic OH excluding ortho intramolecular Hbond substituents is 1. The highest BCUT2D eigenvalue weighted by molar-refractivity contribution is 5.84. The minimum Gasteiger partial charge on any atom is -0.506 e. The Hall–Kier alpha value is -4.05. The standard InChI is InChI=1S/C26H20N2O2/c1-30-22-15-13-20(14-16-22)18-7-5-17(6-8-18)19-9-11-21(12-10-19)26-27-23-3-2-4-24(29)25(23)28-26/h2-16,29H,1H3,(H,27,28). The van der Waals surface area contributed by atoms with Crippen molar-refractivity contribution in [1.82, 2.24) is 9.97 Å². The number of nitrogens with one attached hydrogen (secondary N) is 1. The first kappa shape index (κ1) is 18.0. The van der Waals surface area contributed by atoms with Gasteiger partial charge in [-0.25, -0.2) is 4.98 Å². The van der Waals surface area contributed by atoms with E-state index in [0.717, 1.165) is 39.3 Å². The van der Waals surface area contributed by atoms with Crippen molar-refractivity contribution in [2.45, 2.75) is 0 Å². The molecule has 4 aromatic carbocycles. The van der Waals surface area contributed by atoms with Crippen LogP contribution in [0.4, 0.5) is 0 Å². The van der Waals surface area contributed by atoms with E-state index < -0.39 is 0 Å². The third-order valence-electron chi connectivity index (χ3n) is 5.29. The first-order chi connectivity index (χ1) is 14.7. The second-order valence-corrected chi connectivity index (χ2v) is 7.14. The smallest absolute Gasteiger partial charge is 0.143 e. The minimum absolute atomic E-state index is 0.184. The second-order valence-electron chi connectivity index (χ2n) is 7.14. The van der Waals surface area contributed by atoms with Gasteiger partial charge in [-0.05, 0) is 46.5 Å². The number of para-hydroxylation sites is 1. The van der Waals surface area contributed by atoms with Gasteiger partial charge in [0.2, 0.25) is 0 Å². The van der Waals surface area contributed by atoms with E-state index in [-0.39, 0.29) is 5.75 Å². The predicted molar refractivity (Wildman–Crippen MR) is 121 cm³/mol. The number of methoxy groups -OCH3 is 1. The molecule has 4 heteroatoms. The Morgan fingerprint density at radius 2 is 1.17 bits per heavy atom. The van der Waals surface area contributed by atoms with Gasteiger partial charge in [-0.1, -0.05) is 66.7 Å². The molecule has 0 saturated carbocycles. The number of H-pyrrole nitrogens is 1. The summed E-state index contributed by atoms with van der Waals surface area (Å²) in [6, 6.07) is 30.2. The van der Waals surface area contributed by atoms with Gasteiger partial charge in [-0.15, -0.1) is 0 Å². The van der Waals surface area contributed by atoms with E-state index in [2.05, 4.69) is 58.5 Å². The average molecular weight is 392 g/mol. The fraction of sp³-hybridized carbons (Fsp3) is 0.0385. The number of aromatic amines is 1. The summed E-state index contributed by atoms with van der Waals surface area (Å²) < 4.78 is 5.23. The number of hydrogen-bond acceptors (Lipinski definition) is 3. The number of imidazole rings is 1. The number of aromatic nitrogens is 2. The number of phenols is 1. The van der Waals surface area contributed by atoms with Crippen molar-refractivity contribution >= 4 is 11.0 Å². The van der Waals surface area contributed by atoms with Crippen molar-refractivity contribution < 1.29 is 9.84 Å². The number of aromatic hydroxyl groups is 1. The second kappa shape index (κ2) is 7.41. The number of benzene rings is 4. The fourth-order valence-corrected chi connectivity index (χ4v) is 3.61. The van der Waals surface area contributed by atoms with Gasteiger partial charge in [0, 0.05) is 5.56 Å². The zero-order chi connectivity index (χ0) is 20.5. The van der Waals surface area contributed by atoms with Gasteiger partial charge in [0.1, 0.15) is 22.8 Å². The minimum atomic E-state index is 0.184. The molecule has 0 atom stereocenters. The van der Waals surface area contributed by atoms with Crippen LogP contribution < -0.4 is 4.74 Å². The molecule has 1 aromatic heterocycles. The lowest BCUT2D eigenvalue weighted by Gasteiger charge is -2.07. The Morgan fingerprint density at radius 3 is 1.67 bits per heavy atom. The Labute approximate surface area is 174 Å². The number of nitrogens with zero attached hydrogens (tertiary/aromatic N) is 1. The van der Waals surface area contributed by atoms with Gasteiger partial charge >= 0.3 is 0 Å². The Kier molecular flexibility index (Phi) is 4.45. The Balaban J connectivity index is 1.40. The van der Waals surface area contributed by atoms with Crippen molar-refractivity contribution in [3.05, 3.63) is 91.0 Å².